The SMILES string of the molecule is C=CCN1C(=O)/C(=C\c2ccccc2OCCCOc2cc(C)ccc2C)SC1=S. The lowest BCUT2D eigenvalue weighted by molar-refractivity contribution is -0.121. The molecule has 0 radical (unpaired) electrons. The predicted octanol–water partition coefficient (Wildman–Crippen LogP) is 5.54. The van der Waals surface area contributed by atoms with Gasteiger partial charge < -0.3 is 9.47 Å². The van der Waals surface area contributed by atoms with E-state index in [0.717, 1.165) is 29.0 Å². The summed E-state index contributed by atoms with van der Waals surface area (Å²) < 4.78 is 12.4. The number of nitrogens with zero attached hydrogens (tertiary/aromatic N) is 1. The van der Waals surface area contributed by atoms with Crippen molar-refractivity contribution in [2.45, 2.75) is 20.3 Å². The zero-order chi connectivity index (χ0) is 21.5. The second-order valence-electron chi connectivity index (χ2n) is 6.94. The molecular formula is C24H25NO3S2. The van der Waals surface area contributed by atoms with Crippen LogP contribution in [-0.4, -0.2) is 34.9 Å². The van der Waals surface area contributed by atoms with E-state index in [1.165, 1.54) is 17.3 Å². The Bertz CT molecular complexity index is 984. The number of rotatable bonds is 9. The van der Waals surface area contributed by atoms with Crippen LogP contribution >= 0.6 is 24.0 Å². The number of thioether (sulfide) groups is 1. The lowest BCUT2D eigenvalue weighted by Gasteiger charge is -2.12. The number of amides is 1. The standard InChI is InChI=1S/C24H25NO3S2/c1-4-12-25-23(26)22(30-24(25)29)16-19-8-5-6-9-20(19)27-13-7-14-28-21-15-17(2)10-11-18(21)3/h4-6,8-11,15-16H,1,7,12-14H2,2-3H3/b22-16+. The topological polar surface area (TPSA) is 38.8 Å². The molecule has 4 nitrogen and oxygen atoms in total. The van der Waals surface area contributed by atoms with Gasteiger partial charge in [0, 0.05) is 18.5 Å². The van der Waals surface area contributed by atoms with Crippen LogP contribution in [0.4, 0.5) is 0 Å². The molecule has 156 valence electrons. The van der Waals surface area contributed by atoms with Crippen molar-refractivity contribution in [2.75, 3.05) is 19.8 Å². The van der Waals surface area contributed by atoms with E-state index in [2.05, 4.69) is 25.6 Å². The molecule has 0 bridgehead atoms. The maximum Gasteiger partial charge on any atom is 0.266 e. The molecule has 0 unspecified atom stereocenters. The van der Waals surface area contributed by atoms with Crippen LogP contribution in [0.15, 0.2) is 60.0 Å². The van der Waals surface area contributed by atoms with Crippen LogP contribution in [0.5, 0.6) is 11.5 Å². The summed E-state index contributed by atoms with van der Waals surface area (Å²) in [5, 5.41) is 0. The average Bonchev–Trinajstić information content (AvgIpc) is 2.99. The van der Waals surface area contributed by atoms with Crippen molar-refractivity contribution in [1.29, 1.82) is 0 Å². The third-order valence-corrected chi connectivity index (χ3v) is 5.92. The van der Waals surface area contributed by atoms with Gasteiger partial charge in [-0.2, -0.15) is 0 Å². The highest BCUT2D eigenvalue weighted by molar-refractivity contribution is 8.26. The van der Waals surface area contributed by atoms with Gasteiger partial charge in [-0.05, 0) is 43.2 Å². The first-order chi connectivity index (χ1) is 14.5. The number of para-hydroxylation sites is 1. The van der Waals surface area contributed by atoms with Gasteiger partial charge in [0.2, 0.25) is 0 Å². The summed E-state index contributed by atoms with van der Waals surface area (Å²) in [6.45, 7) is 9.29. The number of thiocarbonyl (C=S) groups is 1. The van der Waals surface area contributed by atoms with Gasteiger partial charge in [-0.3, -0.25) is 9.69 Å². The number of carbonyl (C=O) groups excluding carboxylic acids is 1. The summed E-state index contributed by atoms with van der Waals surface area (Å²) in [7, 11) is 0. The second-order valence-corrected chi connectivity index (χ2v) is 8.61. The molecule has 0 saturated carbocycles. The molecule has 2 aromatic carbocycles. The number of ether oxygens (including phenoxy) is 2. The van der Waals surface area contributed by atoms with Crippen molar-refractivity contribution in [3.8, 4) is 11.5 Å². The molecule has 1 amide bonds. The Balaban J connectivity index is 1.58. The van der Waals surface area contributed by atoms with Crippen LogP contribution in [0.3, 0.4) is 0 Å². The lowest BCUT2D eigenvalue weighted by Crippen LogP contribution is -2.27. The van der Waals surface area contributed by atoms with Gasteiger partial charge in [0.05, 0.1) is 18.1 Å². The highest BCUT2D eigenvalue weighted by atomic mass is 32.2. The van der Waals surface area contributed by atoms with Crippen LogP contribution in [0.25, 0.3) is 6.08 Å². The Morgan fingerprint density at radius 1 is 1.10 bits per heavy atom. The van der Waals surface area contributed by atoms with E-state index in [9.17, 15) is 4.79 Å². The molecule has 0 aliphatic carbocycles. The molecule has 1 aliphatic heterocycles. The molecule has 1 aliphatic rings. The van der Waals surface area contributed by atoms with E-state index in [1.54, 1.807) is 11.0 Å². The zero-order valence-electron chi connectivity index (χ0n) is 17.2. The Labute approximate surface area is 187 Å². The van der Waals surface area contributed by atoms with Gasteiger partial charge in [-0.15, -0.1) is 6.58 Å². The van der Waals surface area contributed by atoms with E-state index in [4.69, 9.17) is 21.7 Å². The quantitative estimate of drug-likeness (QED) is 0.222. The third kappa shape index (κ3) is 5.52. The summed E-state index contributed by atoms with van der Waals surface area (Å²) >= 11 is 6.60. The fourth-order valence-corrected chi connectivity index (χ4v) is 4.21. The van der Waals surface area contributed by atoms with Crippen molar-refractivity contribution in [3.63, 3.8) is 0 Å². The van der Waals surface area contributed by atoms with Gasteiger partial charge in [0.1, 0.15) is 15.8 Å². The maximum atomic E-state index is 12.6. The van der Waals surface area contributed by atoms with Gasteiger partial charge in [-0.1, -0.05) is 60.4 Å². The monoisotopic (exact) mass is 439 g/mol. The van der Waals surface area contributed by atoms with E-state index >= 15 is 0 Å². The molecule has 6 heteroatoms. The summed E-state index contributed by atoms with van der Waals surface area (Å²) in [4.78, 5) is 14.7. The number of benzene rings is 2. The largest absolute Gasteiger partial charge is 0.493 e. The van der Waals surface area contributed by atoms with E-state index in [1.807, 2.05) is 43.3 Å². The van der Waals surface area contributed by atoms with Crippen LogP contribution in [0, 0.1) is 13.8 Å². The normalized spacial score (nSPS) is 15.0. The predicted molar refractivity (Wildman–Crippen MR) is 128 cm³/mol. The fourth-order valence-electron chi connectivity index (χ4n) is 2.94. The average molecular weight is 440 g/mol. The summed E-state index contributed by atoms with van der Waals surface area (Å²) in [5.74, 6) is 1.55. The first kappa shape index (κ1) is 22.1. The molecule has 0 atom stereocenters. The summed E-state index contributed by atoms with van der Waals surface area (Å²) in [6.07, 6.45) is 4.26. The van der Waals surface area contributed by atoms with Crippen molar-refractivity contribution in [2.24, 2.45) is 0 Å². The molecule has 1 heterocycles. The van der Waals surface area contributed by atoms with Gasteiger partial charge >= 0.3 is 0 Å². The minimum atomic E-state index is -0.0957. The molecule has 0 aromatic heterocycles. The van der Waals surface area contributed by atoms with Gasteiger partial charge in [-0.25, -0.2) is 0 Å². The molecule has 0 spiro atoms. The zero-order valence-corrected chi connectivity index (χ0v) is 18.9. The first-order valence-electron chi connectivity index (χ1n) is 9.77. The second kappa shape index (κ2) is 10.5. The fraction of sp³-hybridized carbons (Fsp3) is 0.250. The Morgan fingerprint density at radius 2 is 1.83 bits per heavy atom. The Kier molecular flexibility index (Phi) is 7.71. The molecule has 0 N–H and O–H groups in total. The smallest absolute Gasteiger partial charge is 0.266 e. The Morgan fingerprint density at radius 3 is 2.60 bits per heavy atom. The highest BCUT2D eigenvalue weighted by Crippen LogP contribution is 2.34. The molecule has 1 fully saturated rings. The Hall–Kier alpha value is -2.57. The number of hydrogen-bond acceptors (Lipinski definition) is 5. The summed E-state index contributed by atoms with van der Waals surface area (Å²) in [5.41, 5.74) is 3.16. The minimum absolute atomic E-state index is 0.0957. The van der Waals surface area contributed by atoms with Crippen LogP contribution in [0.1, 0.15) is 23.1 Å². The molecule has 1 saturated heterocycles. The minimum Gasteiger partial charge on any atom is -0.493 e. The first-order valence-corrected chi connectivity index (χ1v) is 11.0. The molecule has 2 aromatic rings. The molecule has 30 heavy (non-hydrogen) atoms. The van der Waals surface area contributed by atoms with Gasteiger partial charge in [0.25, 0.3) is 5.91 Å². The molecular weight excluding hydrogens is 414 g/mol. The highest BCUT2D eigenvalue weighted by Gasteiger charge is 2.31. The number of carbonyl (C=O) groups is 1. The third-order valence-electron chi connectivity index (χ3n) is 4.54. The van der Waals surface area contributed by atoms with Crippen LogP contribution in [0.2, 0.25) is 0 Å². The summed E-state index contributed by atoms with van der Waals surface area (Å²) in [6, 6.07) is 13.9. The maximum absolute atomic E-state index is 12.6. The number of aryl methyl sites for hydroxylation is 2. The van der Waals surface area contributed by atoms with E-state index in [-0.39, 0.29) is 5.91 Å². The molecule has 3 rings (SSSR count). The lowest BCUT2D eigenvalue weighted by atomic mass is 10.1. The van der Waals surface area contributed by atoms with Crippen molar-refractivity contribution in [1.82, 2.24) is 4.90 Å². The van der Waals surface area contributed by atoms with Gasteiger partial charge in [0.15, 0.2) is 0 Å². The number of hydrogen-bond donors (Lipinski definition) is 0. The van der Waals surface area contributed by atoms with E-state index < -0.39 is 0 Å². The van der Waals surface area contributed by atoms with E-state index in [0.29, 0.717) is 29.0 Å². The van der Waals surface area contributed by atoms with Crippen molar-refractivity contribution >= 4 is 40.3 Å². The van der Waals surface area contributed by atoms with Crippen molar-refractivity contribution in [3.05, 3.63) is 76.7 Å². The van der Waals surface area contributed by atoms with Crippen molar-refractivity contribution < 1.29 is 14.3 Å². The van der Waals surface area contributed by atoms with Crippen LogP contribution in [-0.2, 0) is 4.79 Å². The van der Waals surface area contributed by atoms with Crippen LogP contribution < -0.4 is 9.47 Å².